The van der Waals surface area contributed by atoms with Crippen molar-refractivity contribution in [2.24, 2.45) is 0 Å². The Hall–Kier alpha value is -1.11. The molecule has 1 atom stereocenters. The molecule has 0 fully saturated rings. The fourth-order valence-corrected chi connectivity index (χ4v) is 2.61. The van der Waals surface area contributed by atoms with E-state index in [9.17, 15) is 5.11 Å². The molecule has 0 saturated heterocycles. The lowest BCUT2D eigenvalue weighted by Gasteiger charge is -2.33. The monoisotopic (exact) mass is 441 g/mol. The van der Waals surface area contributed by atoms with Crippen molar-refractivity contribution in [3.8, 4) is 16.9 Å². The molecule has 0 aliphatic rings. The zero-order chi connectivity index (χ0) is 16.7. The van der Waals surface area contributed by atoms with Gasteiger partial charge in [0.25, 0.3) is 0 Å². The second-order valence-corrected chi connectivity index (χ2v) is 6.29. The van der Waals surface area contributed by atoms with Crippen molar-refractivity contribution >= 4 is 0 Å². The summed E-state index contributed by atoms with van der Waals surface area (Å²) in [5.41, 5.74) is 2.36. The quantitative estimate of drug-likeness (QED) is 0.480. The lowest BCUT2D eigenvalue weighted by molar-refractivity contribution is -0.909. The Morgan fingerprint density at radius 2 is 1.46 bits per heavy atom. The van der Waals surface area contributed by atoms with Gasteiger partial charge in [-0.25, -0.2) is 0 Å². The first-order valence-electron chi connectivity index (χ1n) is 8.36. The molecule has 0 heterocycles. The van der Waals surface area contributed by atoms with E-state index in [0.717, 1.165) is 29.9 Å². The van der Waals surface area contributed by atoms with Gasteiger partial charge in [0.1, 0.15) is 25.0 Å². The van der Waals surface area contributed by atoms with E-state index in [1.165, 1.54) is 11.1 Å². The van der Waals surface area contributed by atoms with Crippen LogP contribution in [0.15, 0.2) is 54.6 Å². The Morgan fingerprint density at radius 1 is 0.917 bits per heavy atom. The van der Waals surface area contributed by atoms with Crippen molar-refractivity contribution in [2.75, 3.05) is 33.3 Å². The maximum atomic E-state index is 10.2. The van der Waals surface area contributed by atoms with Crippen molar-refractivity contribution in [2.45, 2.75) is 20.0 Å². The molecule has 0 spiro atoms. The Kier molecular flexibility index (Phi) is 8.73. The van der Waals surface area contributed by atoms with Crippen LogP contribution in [0.4, 0.5) is 0 Å². The zero-order valence-corrected chi connectivity index (χ0v) is 16.9. The molecule has 0 aliphatic heterocycles. The molecular weight excluding hydrogens is 413 g/mol. The van der Waals surface area contributed by atoms with E-state index in [1.807, 2.05) is 30.3 Å². The van der Waals surface area contributed by atoms with E-state index in [1.54, 1.807) is 0 Å². The predicted octanol–water partition coefficient (Wildman–Crippen LogP) is 0.584. The van der Waals surface area contributed by atoms with Gasteiger partial charge in [0.2, 0.25) is 0 Å². The fraction of sp³-hybridized carbons (Fsp3) is 0.400. The summed E-state index contributed by atoms with van der Waals surface area (Å²) in [6, 6.07) is 18.3. The topological polar surface area (TPSA) is 29.5 Å². The van der Waals surface area contributed by atoms with E-state index < -0.39 is 6.10 Å². The molecular formula is C20H28INO2. The lowest BCUT2D eigenvalue weighted by atomic mass is 10.1. The summed E-state index contributed by atoms with van der Waals surface area (Å²) < 4.78 is 6.59. The highest BCUT2D eigenvalue weighted by Crippen LogP contribution is 2.22. The van der Waals surface area contributed by atoms with Gasteiger partial charge in [0, 0.05) is 0 Å². The minimum atomic E-state index is -0.450. The number of aliphatic hydroxyl groups excluding tert-OH is 1. The summed E-state index contributed by atoms with van der Waals surface area (Å²) in [6.45, 7) is 7.38. The first-order chi connectivity index (χ1) is 11.1. The number of nitrogens with zero attached hydrogens (tertiary/aromatic N) is 1. The van der Waals surface area contributed by atoms with Crippen LogP contribution in [0, 0.1) is 0 Å². The third-order valence-corrected chi connectivity index (χ3v) is 4.58. The molecule has 0 bridgehead atoms. The molecule has 3 nitrogen and oxygen atoms in total. The molecule has 0 aromatic heterocycles. The summed E-state index contributed by atoms with van der Waals surface area (Å²) in [7, 11) is 2.16. The Balaban J connectivity index is 0.00000288. The summed E-state index contributed by atoms with van der Waals surface area (Å²) in [5, 5.41) is 10.2. The van der Waals surface area contributed by atoms with E-state index >= 15 is 0 Å². The maximum Gasteiger partial charge on any atom is 0.137 e. The third kappa shape index (κ3) is 6.07. The van der Waals surface area contributed by atoms with Gasteiger partial charge in [-0.2, -0.15) is 0 Å². The van der Waals surface area contributed by atoms with Crippen LogP contribution in [-0.4, -0.2) is 49.0 Å². The summed E-state index contributed by atoms with van der Waals surface area (Å²) in [4.78, 5) is 0. The number of hydrogen-bond donors (Lipinski definition) is 1. The summed E-state index contributed by atoms with van der Waals surface area (Å²) >= 11 is 0. The normalized spacial score (nSPS) is 12.3. The third-order valence-electron chi connectivity index (χ3n) is 4.58. The number of hydrogen-bond acceptors (Lipinski definition) is 2. The number of rotatable bonds is 8. The molecule has 0 saturated carbocycles. The van der Waals surface area contributed by atoms with Crippen molar-refractivity contribution < 1.29 is 38.3 Å². The molecule has 2 aromatic rings. The van der Waals surface area contributed by atoms with Crippen LogP contribution in [0.1, 0.15) is 13.8 Å². The van der Waals surface area contributed by atoms with Crippen molar-refractivity contribution in [1.82, 2.24) is 0 Å². The fourth-order valence-electron chi connectivity index (χ4n) is 2.61. The number of ether oxygens (including phenoxy) is 1. The number of likely N-dealkylation sites (N-methyl/N-ethyl adjacent to an activating group) is 1. The molecule has 132 valence electrons. The first kappa shape index (κ1) is 20.9. The molecule has 2 aromatic carbocycles. The van der Waals surface area contributed by atoms with Crippen LogP contribution in [0.2, 0.25) is 0 Å². The van der Waals surface area contributed by atoms with Gasteiger partial charge in [0.15, 0.2) is 0 Å². The van der Waals surface area contributed by atoms with Crippen LogP contribution >= 0.6 is 0 Å². The van der Waals surface area contributed by atoms with Crippen molar-refractivity contribution in [3.63, 3.8) is 0 Å². The van der Waals surface area contributed by atoms with Gasteiger partial charge in [-0.15, -0.1) is 0 Å². The standard InChI is InChI=1S/C20H28NO2.HI/c1-4-21(3,5-2)15-19(22)16-23-20-13-11-18(12-14-20)17-9-7-6-8-10-17;/h6-14,19,22H,4-5,15-16H2,1-3H3;1H/q+1;/p-1. The molecule has 0 radical (unpaired) electrons. The van der Waals surface area contributed by atoms with Gasteiger partial charge < -0.3 is 38.3 Å². The molecule has 1 N–H and O–H groups in total. The Morgan fingerprint density at radius 3 is 2.00 bits per heavy atom. The molecule has 0 amide bonds. The average Bonchev–Trinajstić information content (AvgIpc) is 2.61. The van der Waals surface area contributed by atoms with Crippen molar-refractivity contribution in [3.05, 3.63) is 54.6 Å². The minimum absolute atomic E-state index is 0. The van der Waals surface area contributed by atoms with Gasteiger partial charge in [-0.3, -0.25) is 0 Å². The highest BCUT2D eigenvalue weighted by atomic mass is 127. The van der Waals surface area contributed by atoms with Gasteiger partial charge in [0.05, 0.1) is 20.1 Å². The second-order valence-electron chi connectivity index (χ2n) is 6.29. The Labute approximate surface area is 162 Å². The molecule has 24 heavy (non-hydrogen) atoms. The Bertz CT molecular complexity index is 582. The number of quaternary nitrogens is 1. The van der Waals surface area contributed by atoms with Crippen LogP contribution in [0.5, 0.6) is 5.75 Å². The largest absolute Gasteiger partial charge is 1.00 e. The highest BCUT2D eigenvalue weighted by Gasteiger charge is 2.21. The van der Waals surface area contributed by atoms with E-state index in [0.29, 0.717) is 6.61 Å². The number of benzene rings is 2. The van der Waals surface area contributed by atoms with Gasteiger partial charge >= 0.3 is 0 Å². The minimum Gasteiger partial charge on any atom is -1.00 e. The predicted molar refractivity (Wildman–Crippen MR) is 95.5 cm³/mol. The van der Waals surface area contributed by atoms with Gasteiger partial charge in [-0.05, 0) is 37.1 Å². The van der Waals surface area contributed by atoms with Crippen molar-refractivity contribution in [1.29, 1.82) is 0 Å². The van der Waals surface area contributed by atoms with Crippen LogP contribution in [0.3, 0.4) is 0 Å². The summed E-state index contributed by atoms with van der Waals surface area (Å²) in [6.07, 6.45) is -0.450. The molecule has 1 unspecified atom stereocenters. The van der Waals surface area contributed by atoms with Gasteiger partial charge in [-0.1, -0.05) is 42.5 Å². The number of aliphatic hydroxyl groups is 1. The zero-order valence-electron chi connectivity index (χ0n) is 14.8. The lowest BCUT2D eigenvalue weighted by Crippen LogP contribution is -3.00. The smallest absolute Gasteiger partial charge is 0.137 e. The molecule has 2 rings (SSSR count). The van der Waals surface area contributed by atoms with Crippen LogP contribution in [0.25, 0.3) is 11.1 Å². The maximum absolute atomic E-state index is 10.2. The van der Waals surface area contributed by atoms with Crippen LogP contribution in [-0.2, 0) is 0 Å². The molecule has 0 aliphatic carbocycles. The van der Waals surface area contributed by atoms with E-state index in [2.05, 4.69) is 45.2 Å². The van der Waals surface area contributed by atoms with Crippen LogP contribution < -0.4 is 28.7 Å². The highest BCUT2D eigenvalue weighted by molar-refractivity contribution is 5.63. The van der Waals surface area contributed by atoms with E-state index in [-0.39, 0.29) is 24.0 Å². The van der Waals surface area contributed by atoms with E-state index in [4.69, 9.17) is 4.74 Å². The number of halogens is 1. The first-order valence-corrected chi connectivity index (χ1v) is 8.36. The molecule has 4 heteroatoms. The summed E-state index contributed by atoms with van der Waals surface area (Å²) in [5.74, 6) is 0.797. The second kappa shape index (κ2) is 10.0. The SMILES string of the molecule is CC[N+](C)(CC)CC(O)COc1ccc(-c2ccccc2)cc1.[I-]. The average molecular weight is 441 g/mol.